The molecule has 0 rings (SSSR count). The van der Waals surface area contributed by atoms with E-state index in [4.69, 9.17) is 9.84 Å². The van der Waals surface area contributed by atoms with Crippen molar-refractivity contribution in [3.8, 4) is 0 Å². The molecule has 3 atom stereocenters. The third-order valence-corrected chi connectivity index (χ3v) is 4.60. The minimum Gasteiger partial charge on any atom is -0.462 e. The summed E-state index contributed by atoms with van der Waals surface area (Å²) >= 11 is 0. The Morgan fingerprint density at radius 1 is 1.10 bits per heavy atom. The molecule has 0 aliphatic heterocycles. The molecule has 0 saturated carbocycles. The van der Waals surface area contributed by atoms with E-state index in [1.807, 2.05) is 13.8 Å². The number of rotatable bonds is 11. The van der Waals surface area contributed by atoms with Gasteiger partial charge in [0.1, 0.15) is 18.8 Å². The number of hydrogen-bond acceptors (Lipinski definition) is 5. The minimum atomic E-state index is -1.28. The smallest absolute Gasteiger partial charge is 0.312 e. The zero-order chi connectivity index (χ0) is 16.5. The molecule has 0 aromatic carbocycles. The van der Waals surface area contributed by atoms with Crippen molar-refractivity contribution in [3.05, 3.63) is 0 Å². The van der Waals surface area contributed by atoms with Crippen molar-refractivity contribution in [2.75, 3.05) is 13.2 Å². The first kappa shape index (κ1) is 20.3. The maximum Gasteiger partial charge on any atom is 0.312 e. The second-order valence-corrected chi connectivity index (χ2v) is 5.67. The fourth-order valence-corrected chi connectivity index (χ4v) is 3.04. The maximum absolute atomic E-state index is 12.5. The van der Waals surface area contributed by atoms with Gasteiger partial charge in [0.25, 0.3) is 0 Å². The van der Waals surface area contributed by atoms with Crippen molar-refractivity contribution in [3.63, 3.8) is 0 Å². The molecule has 0 bridgehead atoms. The number of aliphatic hydroxyl groups excluding tert-OH is 3. The highest BCUT2D eigenvalue weighted by molar-refractivity contribution is 5.77. The number of aliphatic hydroxyl groups is 3. The summed E-state index contributed by atoms with van der Waals surface area (Å²) in [6, 6.07) is 0. The highest BCUT2D eigenvalue weighted by Crippen LogP contribution is 2.41. The minimum absolute atomic E-state index is 0.255. The molecule has 1 unspecified atom stereocenters. The van der Waals surface area contributed by atoms with Crippen LogP contribution in [0.25, 0.3) is 0 Å². The third kappa shape index (κ3) is 5.24. The van der Waals surface area contributed by atoms with E-state index in [-0.39, 0.29) is 18.5 Å². The molecule has 0 heterocycles. The van der Waals surface area contributed by atoms with Gasteiger partial charge in [0.05, 0.1) is 12.0 Å². The van der Waals surface area contributed by atoms with Crippen molar-refractivity contribution in [2.24, 2.45) is 11.3 Å². The first-order valence-corrected chi connectivity index (χ1v) is 8.07. The molecule has 0 spiro atoms. The first-order valence-electron chi connectivity index (χ1n) is 8.07. The standard InChI is InChI=1S/C16H32O5/c1-5-9-12(6-2)16(7-3,8-4)15(20)21-11-14(19)13(18)10-17/h12-14,17-19H,5-11H2,1-4H3/t12?,13-,14+/m1/s1. The Hall–Kier alpha value is -0.650. The Labute approximate surface area is 128 Å². The second-order valence-electron chi connectivity index (χ2n) is 5.67. The van der Waals surface area contributed by atoms with Gasteiger partial charge in [-0.3, -0.25) is 4.79 Å². The number of esters is 1. The molecule has 0 aliphatic carbocycles. The Kier molecular flexibility index (Phi) is 9.83. The summed E-state index contributed by atoms with van der Waals surface area (Å²) in [7, 11) is 0. The van der Waals surface area contributed by atoms with Crippen LogP contribution in [-0.4, -0.2) is 46.7 Å². The van der Waals surface area contributed by atoms with Crippen LogP contribution in [0, 0.1) is 11.3 Å². The lowest BCUT2D eigenvalue weighted by molar-refractivity contribution is -0.166. The molecule has 5 nitrogen and oxygen atoms in total. The quantitative estimate of drug-likeness (QED) is 0.507. The van der Waals surface area contributed by atoms with Gasteiger partial charge in [0, 0.05) is 0 Å². The number of hydrogen-bond donors (Lipinski definition) is 3. The molecule has 0 saturated heterocycles. The molecule has 0 aliphatic rings. The second kappa shape index (κ2) is 10.1. The SMILES string of the molecule is CCCC(CC)C(CC)(CC)C(=O)OC[C@H](O)[C@H](O)CO. The lowest BCUT2D eigenvalue weighted by Gasteiger charge is -2.37. The first-order chi connectivity index (χ1) is 9.93. The summed E-state index contributed by atoms with van der Waals surface area (Å²) in [5.41, 5.74) is -0.533. The van der Waals surface area contributed by atoms with E-state index in [1.165, 1.54) is 0 Å². The van der Waals surface area contributed by atoms with Crippen LogP contribution in [0.3, 0.4) is 0 Å². The number of carbonyl (C=O) groups is 1. The molecule has 0 radical (unpaired) electrons. The molecule has 0 aromatic heterocycles. The van der Waals surface area contributed by atoms with E-state index < -0.39 is 24.2 Å². The van der Waals surface area contributed by atoms with Crippen molar-refractivity contribution in [1.29, 1.82) is 0 Å². The lowest BCUT2D eigenvalue weighted by atomic mass is 9.68. The molecule has 0 aromatic rings. The summed E-state index contributed by atoms with van der Waals surface area (Å²) < 4.78 is 5.24. The van der Waals surface area contributed by atoms with Crippen LogP contribution in [0.5, 0.6) is 0 Å². The van der Waals surface area contributed by atoms with E-state index in [9.17, 15) is 15.0 Å². The van der Waals surface area contributed by atoms with E-state index in [1.54, 1.807) is 0 Å². The molecule has 3 N–H and O–H groups in total. The molecule has 126 valence electrons. The molecule has 0 amide bonds. The van der Waals surface area contributed by atoms with Gasteiger partial charge in [-0.2, -0.15) is 0 Å². The third-order valence-electron chi connectivity index (χ3n) is 4.60. The summed E-state index contributed by atoms with van der Waals surface area (Å²) in [4.78, 5) is 12.5. The van der Waals surface area contributed by atoms with Crippen molar-refractivity contribution in [2.45, 2.75) is 72.0 Å². The van der Waals surface area contributed by atoms with E-state index in [0.717, 1.165) is 19.3 Å². The average Bonchev–Trinajstić information content (AvgIpc) is 2.51. The van der Waals surface area contributed by atoms with Gasteiger partial charge < -0.3 is 20.1 Å². The van der Waals surface area contributed by atoms with Crippen LogP contribution in [0.4, 0.5) is 0 Å². The van der Waals surface area contributed by atoms with Crippen LogP contribution in [0.15, 0.2) is 0 Å². The van der Waals surface area contributed by atoms with Gasteiger partial charge in [-0.25, -0.2) is 0 Å². The van der Waals surface area contributed by atoms with Gasteiger partial charge in [0.2, 0.25) is 0 Å². The monoisotopic (exact) mass is 304 g/mol. The van der Waals surface area contributed by atoms with Crippen molar-refractivity contribution >= 4 is 5.97 Å². The molecular weight excluding hydrogens is 272 g/mol. The van der Waals surface area contributed by atoms with Crippen LogP contribution in [0.2, 0.25) is 0 Å². The van der Waals surface area contributed by atoms with E-state index >= 15 is 0 Å². The molecule has 0 fully saturated rings. The highest BCUT2D eigenvalue weighted by atomic mass is 16.5. The zero-order valence-corrected chi connectivity index (χ0v) is 13.8. The lowest BCUT2D eigenvalue weighted by Crippen LogP contribution is -2.42. The van der Waals surface area contributed by atoms with Crippen LogP contribution in [-0.2, 0) is 9.53 Å². The Morgan fingerprint density at radius 2 is 1.67 bits per heavy atom. The maximum atomic E-state index is 12.5. The van der Waals surface area contributed by atoms with Crippen LogP contribution >= 0.6 is 0 Å². The fourth-order valence-electron chi connectivity index (χ4n) is 3.04. The number of ether oxygens (including phenoxy) is 1. The summed E-state index contributed by atoms with van der Waals surface area (Å²) in [5.74, 6) is -0.0538. The zero-order valence-electron chi connectivity index (χ0n) is 13.8. The van der Waals surface area contributed by atoms with E-state index in [2.05, 4.69) is 13.8 Å². The Bertz CT molecular complexity index is 288. The van der Waals surface area contributed by atoms with Gasteiger partial charge >= 0.3 is 5.97 Å². The van der Waals surface area contributed by atoms with Crippen LogP contribution in [0.1, 0.15) is 59.8 Å². The van der Waals surface area contributed by atoms with Crippen molar-refractivity contribution < 1.29 is 24.9 Å². The predicted octanol–water partition coefficient (Wildman–Crippen LogP) is 1.88. The summed E-state index contributed by atoms with van der Waals surface area (Å²) in [5, 5.41) is 27.7. The van der Waals surface area contributed by atoms with Crippen molar-refractivity contribution in [1.82, 2.24) is 0 Å². The Balaban J connectivity index is 4.90. The number of carbonyl (C=O) groups excluding carboxylic acids is 1. The predicted molar refractivity (Wildman–Crippen MR) is 81.8 cm³/mol. The summed E-state index contributed by atoms with van der Waals surface area (Å²) in [6.07, 6.45) is 1.74. The van der Waals surface area contributed by atoms with E-state index in [0.29, 0.717) is 12.8 Å². The fraction of sp³-hybridized carbons (Fsp3) is 0.938. The van der Waals surface area contributed by atoms with Gasteiger partial charge in [-0.1, -0.05) is 40.5 Å². The molecule has 21 heavy (non-hydrogen) atoms. The average molecular weight is 304 g/mol. The van der Waals surface area contributed by atoms with Crippen LogP contribution < -0.4 is 0 Å². The van der Waals surface area contributed by atoms with Gasteiger partial charge in [0.15, 0.2) is 0 Å². The molecule has 5 heteroatoms. The molecular formula is C16H32O5. The topological polar surface area (TPSA) is 87.0 Å². The van der Waals surface area contributed by atoms with Gasteiger partial charge in [-0.15, -0.1) is 0 Å². The van der Waals surface area contributed by atoms with Gasteiger partial charge in [-0.05, 0) is 25.2 Å². The summed E-state index contributed by atoms with van der Waals surface area (Å²) in [6.45, 7) is 7.32. The largest absolute Gasteiger partial charge is 0.462 e. The highest BCUT2D eigenvalue weighted by Gasteiger charge is 2.42. The normalized spacial score (nSPS) is 16.3. The Morgan fingerprint density at radius 3 is 2.05 bits per heavy atom.